The monoisotopic (exact) mass is 480 g/mol. The number of hydrogen-bond donors (Lipinski definition) is 0. The van der Waals surface area contributed by atoms with Crippen LogP contribution in [0.1, 0.15) is 39.5 Å². The molecule has 2 bridgehead atoms. The van der Waals surface area contributed by atoms with Crippen LogP contribution < -0.4 is 0 Å². The lowest BCUT2D eigenvalue weighted by atomic mass is 10.00. The van der Waals surface area contributed by atoms with Gasteiger partial charge in [0.05, 0.1) is 13.1 Å². The van der Waals surface area contributed by atoms with Gasteiger partial charge in [0.15, 0.2) is 0 Å². The fourth-order valence-corrected chi connectivity index (χ4v) is 5.48. The zero-order chi connectivity index (χ0) is 24.7. The molecule has 5 heterocycles. The van der Waals surface area contributed by atoms with Gasteiger partial charge in [-0.15, -0.1) is 10.1 Å². The SMILES string of the molecule is CC(C[N+]12CC[N+](CC(C)C(=O)ON3C(=O)CCC3=O)(CC1)CC2)C(=O)ON1C(=O)CCC1=O. The Balaban J connectivity index is 1.28. The largest absolute Gasteiger partial charge is 0.341 e. The van der Waals surface area contributed by atoms with Crippen LogP contribution in [0, 0.1) is 11.8 Å². The summed E-state index contributed by atoms with van der Waals surface area (Å²) in [6.45, 7) is 9.66. The number of rotatable bonds is 8. The number of piperazine rings is 3. The van der Waals surface area contributed by atoms with Gasteiger partial charge in [-0.25, -0.2) is 9.59 Å². The average molecular weight is 481 g/mol. The van der Waals surface area contributed by atoms with Crippen molar-refractivity contribution in [1.29, 1.82) is 0 Å². The highest BCUT2D eigenvalue weighted by molar-refractivity contribution is 6.02. The number of imide groups is 2. The van der Waals surface area contributed by atoms with Gasteiger partial charge >= 0.3 is 11.9 Å². The molecule has 5 rings (SSSR count). The molecule has 5 aliphatic heterocycles. The minimum absolute atomic E-state index is 0.0666. The van der Waals surface area contributed by atoms with Crippen molar-refractivity contribution in [3.8, 4) is 0 Å². The molecule has 0 spiro atoms. The maximum absolute atomic E-state index is 12.5. The van der Waals surface area contributed by atoms with Crippen molar-refractivity contribution in [3.05, 3.63) is 0 Å². The normalized spacial score (nSPS) is 30.6. The van der Waals surface area contributed by atoms with Crippen LogP contribution in [0.2, 0.25) is 0 Å². The predicted molar refractivity (Wildman–Crippen MR) is 112 cm³/mol. The van der Waals surface area contributed by atoms with Gasteiger partial charge in [-0.05, 0) is 13.8 Å². The van der Waals surface area contributed by atoms with Gasteiger partial charge in [0.2, 0.25) is 0 Å². The number of hydrogen-bond acceptors (Lipinski definition) is 8. The van der Waals surface area contributed by atoms with Gasteiger partial charge < -0.3 is 18.6 Å². The first-order valence-electron chi connectivity index (χ1n) is 11.9. The number of hydroxylamine groups is 4. The van der Waals surface area contributed by atoms with E-state index in [2.05, 4.69) is 0 Å². The van der Waals surface area contributed by atoms with E-state index in [0.717, 1.165) is 48.2 Å². The third-order valence-electron chi connectivity index (χ3n) is 7.65. The minimum Gasteiger partial charge on any atom is -0.330 e. The first kappa shape index (κ1) is 24.3. The van der Waals surface area contributed by atoms with E-state index >= 15 is 0 Å². The number of carbonyl (C=O) groups is 6. The Morgan fingerprint density at radius 2 is 0.912 bits per heavy atom. The Morgan fingerprint density at radius 1 is 0.647 bits per heavy atom. The van der Waals surface area contributed by atoms with Crippen molar-refractivity contribution in [1.82, 2.24) is 10.1 Å². The van der Waals surface area contributed by atoms with Crippen LogP contribution in [0.5, 0.6) is 0 Å². The second-order valence-electron chi connectivity index (χ2n) is 10.2. The van der Waals surface area contributed by atoms with E-state index in [-0.39, 0.29) is 25.7 Å². The van der Waals surface area contributed by atoms with Crippen molar-refractivity contribution in [2.75, 3.05) is 52.4 Å². The molecule has 5 saturated heterocycles. The van der Waals surface area contributed by atoms with Crippen LogP contribution in [0.3, 0.4) is 0 Å². The molecule has 0 aromatic carbocycles. The van der Waals surface area contributed by atoms with E-state index in [1.54, 1.807) is 13.8 Å². The highest BCUT2D eigenvalue weighted by Crippen LogP contribution is 2.30. The molecule has 186 valence electrons. The lowest BCUT2D eigenvalue weighted by molar-refractivity contribution is -1.08. The molecule has 0 saturated carbocycles. The molecule has 5 fully saturated rings. The summed E-state index contributed by atoms with van der Waals surface area (Å²) in [4.78, 5) is 82.1. The van der Waals surface area contributed by atoms with Crippen LogP contribution in [0.4, 0.5) is 0 Å². The van der Waals surface area contributed by atoms with Crippen LogP contribution in [-0.2, 0) is 38.4 Å². The van der Waals surface area contributed by atoms with Gasteiger partial charge in [0, 0.05) is 25.7 Å². The molecule has 0 aromatic rings. The summed E-state index contributed by atoms with van der Waals surface area (Å²) in [5.41, 5.74) is 0. The first-order chi connectivity index (χ1) is 16.0. The highest BCUT2D eigenvalue weighted by atomic mass is 16.7. The van der Waals surface area contributed by atoms with Crippen LogP contribution in [-0.4, -0.2) is 107 Å². The molecule has 5 aliphatic rings. The van der Waals surface area contributed by atoms with Gasteiger partial charge in [0.1, 0.15) is 51.1 Å². The van der Waals surface area contributed by atoms with Crippen LogP contribution >= 0.6 is 0 Å². The Morgan fingerprint density at radius 3 is 1.18 bits per heavy atom. The van der Waals surface area contributed by atoms with Crippen molar-refractivity contribution < 1.29 is 47.4 Å². The maximum Gasteiger partial charge on any atom is 0.341 e. The van der Waals surface area contributed by atoms with Gasteiger partial charge in [-0.3, -0.25) is 19.2 Å². The van der Waals surface area contributed by atoms with E-state index < -0.39 is 47.4 Å². The van der Waals surface area contributed by atoms with E-state index in [1.165, 1.54) is 0 Å². The molecule has 2 unspecified atom stereocenters. The average Bonchev–Trinajstić information content (AvgIpc) is 3.30. The third kappa shape index (κ3) is 4.69. The van der Waals surface area contributed by atoms with Gasteiger partial charge in [0.25, 0.3) is 23.6 Å². The van der Waals surface area contributed by atoms with Crippen LogP contribution in [0.15, 0.2) is 0 Å². The summed E-state index contributed by atoms with van der Waals surface area (Å²) >= 11 is 0. The van der Waals surface area contributed by atoms with E-state index in [1.807, 2.05) is 0 Å². The Hall–Kier alpha value is -2.86. The summed E-state index contributed by atoms with van der Waals surface area (Å²) in [7, 11) is 0. The van der Waals surface area contributed by atoms with Gasteiger partial charge in [-0.1, -0.05) is 0 Å². The molecule has 12 nitrogen and oxygen atoms in total. The molecule has 0 aromatic heterocycles. The standard InChI is InChI=1S/C22H32N4O8/c1-15(21(31)33-23-17(27)3-4-18(23)28)13-25-7-10-26(11-8-25,12-9-25)14-16(2)22(32)34-24-19(29)5-6-20(24)30/h15-16H,3-14H2,1-2H3/q+2. The topological polar surface area (TPSA) is 127 Å². The molecule has 34 heavy (non-hydrogen) atoms. The number of nitrogens with zero attached hydrogens (tertiary/aromatic N) is 4. The van der Waals surface area contributed by atoms with Crippen molar-refractivity contribution in [3.63, 3.8) is 0 Å². The number of quaternary nitrogens is 2. The first-order valence-corrected chi connectivity index (χ1v) is 11.9. The smallest absolute Gasteiger partial charge is 0.330 e. The maximum atomic E-state index is 12.5. The number of amides is 4. The fourth-order valence-electron chi connectivity index (χ4n) is 5.48. The third-order valence-corrected chi connectivity index (χ3v) is 7.65. The summed E-state index contributed by atoms with van der Waals surface area (Å²) in [5.74, 6) is -4.02. The molecule has 12 heteroatoms. The summed E-state index contributed by atoms with van der Waals surface area (Å²) in [6, 6.07) is 0. The second kappa shape index (κ2) is 9.06. The molecular formula is C22H32N4O8+2. The quantitative estimate of drug-likeness (QED) is 0.324. The van der Waals surface area contributed by atoms with Crippen molar-refractivity contribution >= 4 is 35.6 Å². The van der Waals surface area contributed by atoms with E-state index in [0.29, 0.717) is 23.2 Å². The Bertz CT molecular complexity index is 803. The van der Waals surface area contributed by atoms with Gasteiger partial charge in [-0.2, -0.15) is 0 Å². The second-order valence-corrected chi connectivity index (χ2v) is 10.2. The fraction of sp³-hybridized carbons (Fsp3) is 0.727. The molecule has 0 N–H and O–H groups in total. The van der Waals surface area contributed by atoms with E-state index in [4.69, 9.17) is 9.68 Å². The van der Waals surface area contributed by atoms with Crippen molar-refractivity contribution in [2.24, 2.45) is 11.8 Å². The summed E-state index contributed by atoms with van der Waals surface area (Å²) in [6.07, 6.45) is 0.266. The summed E-state index contributed by atoms with van der Waals surface area (Å²) in [5, 5.41) is 1.19. The van der Waals surface area contributed by atoms with Crippen molar-refractivity contribution in [2.45, 2.75) is 39.5 Å². The predicted octanol–water partition coefficient (Wildman–Crippen LogP) is -0.866. The number of fused-ring (bicyclic) bond motifs is 3. The molecule has 0 aliphatic carbocycles. The molecule has 4 amide bonds. The highest BCUT2D eigenvalue weighted by Gasteiger charge is 2.51. The lowest BCUT2D eigenvalue weighted by Crippen LogP contribution is -2.76. The van der Waals surface area contributed by atoms with Crippen LogP contribution in [0.25, 0.3) is 0 Å². The Kier molecular flexibility index (Phi) is 6.47. The zero-order valence-corrected chi connectivity index (χ0v) is 19.7. The molecular weight excluding hydrogens is 448 g/mol. The summed E-state index contributed by atoms with van der Waals surface area (Å²) < 4.78 is 1.52. The number of carbonyl (C=O) groups excluding carboxylic acids is 6. The minimum atomic E-state index is -0.574. The Labute approximate surface area is 197 Å². The molecule has 0 radical (unpaired) electrons. The molecule has 2 atom stereocenters. The lowest BCUT2D eigenvalue weighted by Gasteiger charge is -2.56. The van der Waals surface area contributed by atoms with E-state index in [9.17, 15) is 28.8 Å². The zero-order valence-electron chi connectivity index (χ0n) is 19.7.